The molecular weight excluding hydrogens is 811 g/mol. The summed E-state index contributed by atoms with van der Waals surface area (Å²) in [4.78, 5) is 18.2. The van der Waals surface area contributed by atoms with E-state index in [9.17, 15) is 9.90 Å². The molecule has 0 bridgehead atoms. The van der Waals surface area contributed by atoms with Crippen molar-refractivity contribution in [2.24, 2.45) is 10.8 Å². The molecule has 0 atom stereocenters. The smallest absolute Gasteiger partial charge is 0.164 e. The fourth-order valence-electron chi connectivity index (χ4n) is 5.70. The Morgan fingerprint density at radius 2 is 1.65 bits per heavy atom. The Morgan fingerprint density at radius 1 is 1.00 bits per heavy atom. The zero-order valence-corrected chi connectivity index (χ0v) is 34.1. The van der Waals surface area contributed by atoms with Crippen molar-refractivity contribution in [2.75, 3.05) is 0 Å². The molecule has 0 unspecified atom stereocenters. The number of hydrogen-bond acceptors (Lipinski definition) is 6. The Kier molecular flexibility index (Phi) is 13.2. The first-order valence-electron chi connectivity index (χ1n) is 16.7. The summed E-state index contributed by atoms with van der Waals surface area (Å²) in [5.41, 5.74) is 3.65. The van der Waals surface area contributed by atoms with Gasteiger partial charge >= 0.3 is 0 Å². The van der Waals surface area contributed by atoms with E-state index in [0.29, 0.717) is 0 Å². The maximum Gasteiger partial charge on any atom is 0.164 e. The molecule has 0 fully saturated rings. The number of furan rings is 1. The predicted octanol–water partition coefficient (Wildman–Crippen LogP) is 13.2. The maximum atomic E-state index is 12.2. The van der Waals surface area contributed by atoms with Crippen molar-refractivity contribution in [2.45, 2.75) is 105 Å². The van der Waals surface area contributed by atoms with Crippen molar-refractivity contribution in [3.63, 3.8) is 0 Å². The first kappa shape index (κ1) is 39.7. The number of hydrogen-bond donors (Lipinski definition) is 1. The summed E-state index contributed by atoms with van der Waals surface area (Å²) in [7, 11) is 0. The van der Waals surface area contributed by atoms with Crippen LogP contribution in [0.5, 0.6) is 0 Å². The molecule has 0 aliphatic carbocycles. The van der Waals surface area contributed by atoms with E-state index in [-0.39, 0.29) is 47.9 Å². The van der Waals surface area contributed by atoms with Crippen molar-refractivity contribution in [1.29, 1.82) is 0 Å². The maximum absolute atomic E-state index is 12.2. The molecule has 5 rings (SSSR count). The molecule has 259 valence electrons. The molecule has 0 amide bonds. The number of fused-ring (bicyclic) bond motifs is 5. The molecule has 0 aliphatic heterocycles. The molecular formula is C41H50IrNO3S2-. The quantitative estimate of drug-likeness (QED) is 0.0656. The van der Waals surface area contributed by atoms with E-state index in [1.165, 1.54) is 42.1 Å². The number of aliphatic hydroxyl groups is 1. The Labute approximate surface area is 308 Å². The van der Waals surface area contributed by atoms with Crippen LogP contribution < -0.4 is 0 Å². The van der Waals surface area contributed by atoms with Crippen LogP contribution >= 0.6 is 23.1 Å². The number of thioether (sulfide) groups is 1. The summed E-state index contributed by atoms with van der Waals surface area (Å²) >= 11 is 3.45. The van der Waals surface area contributed by atoms with Gasteiger partial charge in [-0.3, -0.25) is 4.79 Å². The molecule has 0 aliphatic rings. The van der Waals surface area contributed by atoms with Gasteiger partial charge in [0, 0.05) is 58.0 Å². The van der Waals surface area contributed by atoms with E-state index in [2.05, 4.69) is 69.8 Å². The summed E-state index contributed by atoms with van der Waals surface area (Å²) in [6, 6.07) is 16.3. The van der Waals surface area contributed by atoms with Crippen LogP contribution in [0.1, 0.15) is 99.3 Å². The fraction of sp³-hybridized carbons (Fsp3) is 0.415. The van der Waals surface area contributed by atoms with Gasteiger partial charge in [0.25, 0.3) is 0 Å². The SMILES string of the molecule is C=CSc1c[c-]c(-c2nccc3sc4c5cc(C)oc5ccc4c23)cc1C(C)(C)C.CCC(C)(CC)C(=O)/C=C(\O)C(C)(CC)CC.[Ir]. The van der Waals surface area contributed by atoms with Crippen molar-refractivity contribution >= 4 is 60.0 Å². The van der Waals surface area contributed by atoms with E-state index in [4.69, 9.17) is 9.40 Å². The second-order valence-electron chi connectivity index (χ2n) is 13.9. The molecule has 3 heterocycles. The first-order valence-corrected chi connectivity index (χ1v) is 18.4. The molecule has 4 nitrogen and oxygen atoms in total. The third-order valence-electron chi connectivity index (χ3n) is 9.96. The molecule has 7 heteroatoms. The second kappa shape index (κ2) is 15.9. The van der Waals surface area contributed by atoms with Gasteiger partial charge in [0.1, 0.15) is 17.1 Å². The molecule has 2 aromatic carbocycles. The molecule has 1 N–H and O–H groups in total. The molecule has 0 saturated heterocycles. The minimum atomic E-state index is -0.337. The van der Waals surface area contributed by atoms with Crippen molar-refractivity contribution in [3.05, 3.63) is 83.8 Å². The largest absolute Gasteiger partial charge is 0.512 e. The predicted molar refractivity (Wildman–Crippen MR) is 204 cm³/mol. The number of ketones is 1. The zero-order valence-electron chi connectivity index (χ0n) is 30.1. The number of benzene rings is 2. The fourth-order valence-corrected chi connectivity index (χ4v) is 7.70. The van der Waals surface area contributed by atoms with Crippen LogP contribution in [0.2, 0.25) is 0 Å². The van der Waals surface area contributed by atoms with Crippen LogP contribution in [-0.4, -0.2) is 15.9 Å². The van der Waals surface area contributed by atoms with Crippen molar-refractivity contribution in [1.82, 2.24) is 4.98 Å². The van der Waals surface area contributed by atoms with E-state index in [1.807, 2.05) is 60.1 Å². The Hall–Kier alpha value is -2.70. The van der Waals surface area contributed by atoms with E-state index < -0.39 is 0 Å². The zero-order chi connectivity index (χ0) is 34.7. The normalized spacial score (nSPS) is 12.6. The molecule has 5 aromatic rings. The van der Waals surface area contributed by atoms with Gasteiger partial charge in [-0.25, -0.2) is 0 Å². The van der Waals surface area contributed by atoms with Crippen LogP contribution in [0, 0.1) is 23.8 Å². The van der Waals surface area contributed by atoms with Gasteiger partial charge in [-0.05, 0) is 84.2 Å². The van der Waals surface area contributed by atoms with Gasteiger partial charge in [0.2, 0.25) is 0 Å². The minimum absolute atomic E-state index is 0. The monoisotopic (exact) mass is 861 g/mol. The minimum Gasteiger partial charge on any atom is -0.512 e. The number of thiophene rings is 1. The van der Waals surface area contributed by atoms with Gasteiger partial charge in [-0.15, -0.1) is 40.7 Å². The van der Waals surface area contributed by atoms with E-state index in [1.54, 1.807) is 23.1 Å². The van der Waals surface area contributed by atoms with Gasteiger partial charge < -0.3 is 14.5 Å². The molecule has 3 aromatic heterocycles. The number of aliphatic hydroxyl groups excluding tert-OH is 1. The average Bonchev–Trinajstić information content (AvgIpc) is 3.63. The van der Waals surface area contributed by atoms with Gasteiger partial charge in [-0.1, -0.05) is 73.8 Å². The average molecular weight is 861 g/mol. The number of allylic oxidation sites excluding steroid dienone is 2. The first-order chi connectivity index (χ1) is 22.2. The van der Waals surface area contributed by atoms with Crippen LogP contribution in [0.25, 0.3) is 42.4 Å². The molecule has 48 heavy (non-hydrogen) atoms. The number of aromatic nitrogens is 1. The van der Waals surface area contributed by atoms with Crippen LogP contribution in [0.4, 0.5) is 0 Å². The second-order valence-corrected chi connectivity index (χ2v) is 16.0. The van der Waals surface area contributed by atoms with Gasteiger partial charge in [0.05, 0.1) is 0 Å². The molecule has 0 saturated carbocycles. The molecule has 1 radical (unpaired) electrons. The van der Waals surface area contributed by atoms with E-state index in [0.717, 1.165) is 48.3 Å². The van der Waals surface area contributed by atoms with E-state index >= 15 is 0 Å². The van der Waals surface area contributed by atoms with Crippen LogP contribution in [-0.2, 0) is 30.3 Å². The number of aryl methyl sites for hydroxylation is 1. The summed E-state index contributed by atoms with van der Waals surface area (Å²) in [5.74, 6) is 1.22. The van der Waals surface area contributed by atoms with Gasteiger partial charge in [-0.2, -0.15) is 11.8 Å². The topological polar surface area (TPSA) is 63.3 Å². The summed E-state index contributed by atoms with van der Waals surface area (Å²) in [6.07, 6.45) is 6.66. The third-order valence-corrected chi connectivity index (χ3v) is 11.9. The molecule has 0 spiro atoms. The summed E-state index contributed by atoms with van der Waals surface area (Å²) < 4.78 is 8.34. The standard InChI is InChI=1S/C26H22NOS2.C15H28O2.Ir/c1-6-29-21-10-7-16(14-19(21)26(3,4)5)24-23-17-8-9-20-18(13-15(2)28-20)25(17)30-22(23)11-12-27-24;1-7-14(5,8-2)12(16)11-13(17)15(6,9-3)10-4;/h6,8-14H,1H2,2-5H3;11,16H,7-10H2,1-6H3;/q-1;;/b;12-11-;. The van der Waals surface area contributed by atoms with Crippen LogP contribution in [0.15, 0.2) is 75.7 Å². The third kappa shape index (κ3) is 8.02. The number of carbonyl (C=O) groups excluding carboxylic acids is 1. The summed E-state index contributed by atoms with van der Waals surface area (Å²) in [5, 5.41) is 15.6. The Morgan fingerprint density at radius 3 is 2.23 bits per heavy atom. The number of carbonyl (C=O) groups is 1. The Bertz CT molecular complexity index is 1930. The van der Waals surface area contributed by atoms with Gasteiger partial charge in [0.15, 0.2) is 5.78 Å². The van der Waals surface area contributed by atoms with Crippen molar-refractivity contribution in [3.8, 4) is 11.3 Å². The van der Waals surface area contributed by atoms with Crippen LogP contribution in [0.3, 0.4) is 0 Å². The number of rotatable bonds is 10. The summed E-state index contributed by atoms with van der Waals surface area (Å²) in [6.45, 7) is 24.7. The Balaban J connectivity index is 0.000000301. The number of nitrogens with zero attached hydrogens (tertiary/aromatic N) is 1. The van der Waals surface area contributed by atoms with Crippen molar-refractivity contribution < 1.29 is 34.4 Å². The number of pyridine rings is 1.